The molecule has 39 heavy (non-hydrogen) atoms. The van der Waals surface area contributed by atoms with Gasteiger partial charge in [-0.25, -0.2) is 9.59 Å². The average Bonchev–Trinajstić information content (AvgIpc) is 2.96. The normalized spacial score (nSPS) is 11.4. The molecule has 3 aromatic rings. The number of hydrogen-bond acceptors (Lipinski definition) is 6. The van der Waals surface area contributed by atoms with Gasteiger partial charge in [-0.15, -0.1) is 6.58 Å². The summed E-state index contributed by atoms with van der Waals surface area (Å²) in [6.07, 6.45) is 7.00. The highest BCUT2D eigenvalue weighted by Crippen LogP contribution is 2.24. The molecule has 0 aliphatic rings. The van der Waals surface area contributed by atoms with E-state index in [0.29, 0.717) is 36.7 Å². The quantitative estimate of drug-likeness (QED) is 0.0819. The van der Waals surface area contributed by atoms with Gasteiger partial charge in [0, 0.05) is 0 Å². The molecule has 0 heterocycles. The molecule has 3 aromatic carbocycles. The largest absolute Gasteiger partial charge is 0.491 e. The van der Waals surface area contributed by atoms with Crippen LogP contribution in [0.1, 0.15) is 66.7 Å². The van der Waals surface area contributed by atoms with Crippen LogP contribution in [0, 0.1) is 0 Å². The Hall–Kier alpha value is -3.90. The minimum Gasteiger partial charge on any atom is -0.491 e. The Kier molecular flexibility index (Phi) is 12.3. The molecule has 0 N–H and O–H groups in total. The van der Waals surface area contributed by atoms with Crippen molar-refractivity contribution >= 4 is 11.9 Å². The molecule has 3 rings (SSSR count). The zero-order chi connectivity index (χ0) is 27.9. The molecular formula is C33H38O6. The van der Waals surface area contributed by atoms with Crippen molar-refractivity contribution in [3.63, 3.8) is 0 Å². The van der Waals surface area contributed by atoms with Crippen LogP contribution in [-0.4, -0.2) is 37.9 Å². The van der Waals surface area contributed by atoms with Crippen molar-refractivity contribution in [3.8, 4) is 22.6 Å². The standard InChI is InChI=1S/C33H38O6/c1-4-6-7-8-9-25(3)38-32(34)29-16-20-31(21-17-29)39-33(35)28-12-10-26(11-13-28)27-14-18-30(19-15-27)37-24-23-36-22-5-2/h5,10-21,25H,2,4,6-9,22-24H2,1,3H3. The number of rotatable bonds is 16. The molecule has 0 amide bonds. The second-order valence-electron chi connectivity index (χ2n) is 9.29. The summed E-state index contributed by atoms with van der Waals surface area (Å²) in [5.74, 6) is 0.277. The average molecular weight is 531 g/mol. The number of carbonyl (C=O) groups is 2. The molecule has 1 atom stereocenters. The van der Waals surface area contributed by atoms with Gasteiger partial charge in [-0.05, 0) is 79.4 Å². The van der Waals surface area contributed by atoms with Crippen LogP contribution in [0.4, 0.5) is 0 Å². The van der Waals surface area contributed by atoms with Crippen molar-refractivity contribution in [2.45, 2.75) is 52.1 Å². The number of benzene rings is 3. The molecule has 0 fully saturated rings. The third-order valence-electron chi connectivity index (χ3n) is 6.11. The van der Waals surface area contributed by atoms with Crippen LogP contribution >= 0.6 is 0 Å². The lowest BCUT2D eigenvalue weighted by Gasteiger charge is -2.13. The Morgan fingerprint density at radius 1 is 0.769 bits per heavy atom. The van der Waals surface area contributed by atoms with Crippen LogP contribution in [0.15, 0.2) is 85.5 Å². The van der Waals surface area contributed by atoms with E-state index in [2.05, 4.69) is 13.5 Å². The molecule has 0 saturated carbocycles. The van der Waals surface area contributed by atoms with Gasteiger partial charge in [0.25, 0.3) is 0 Å². The summed E-state index contributed by atoms with van der Waals surface area (Å²) in [5.41, 5.74) is 2.83. The molecule has 1 unspecified atom stereocenters. The first kappa shape index (κ1) is 29.7. The third kappa shape index (κ3) is 10.1. The maximum absolute atomic E-state index is 12.6. The van der Waals surface area contributed by atoms with Gasteiger partial charge in [0.05, 0.1) is 30.4 Å². The van der Waals surface area contributed by atoms with Crippen LogP contribution in [0.25, 0.3) is 11.1 Å². The van der Waals surface area contributed by atoms with Gasteiger partial charge in [0.15, 0.2) is 0 Å². The smallest absolute Gasteiger partial charge is 0.343 e. The van der Waals surface area contributed by atoms with Gasteiger partial charge in [0.1, 0.15) is 18.1 Å². The van der Waals surface area contributed by atoms with Crippen LogP contribution < -0.4 is 9.47 Å². The lowest BCUT2D eigenvalue weighted by Crippen LogP contribution is -2.15. The summed E-state index contributed by atoms with van der Waals surface area (Å²) in [6, 6.07) is 21.4. The van der Waals surface area contributed by atoms with Gasteiger partial charge < -0.3 is 18.9 Å². The number of ether oxygens (including phenoxy) is 4. The van der Waals surface area contributed by atoms with Crippen LogP contribution in [-0.2, 0) is 9.47 Å². The molecule has 0 spiro atoms. The molecular weight excluding hydrogens is 492 g/mol. The summed E-state index contributed by atoms with van der Waals surface area (Å²) in [5, 5.41) is 0. The Labute approximate surface area is 231 Å². The minimum atomic E-state index is -0.472. The Morgan fingerprint density at radius 3 is 2.00 bits per heavy atom. The summed E-state index contributed by atoms with van der Waals surface area (Å²) in [7, 11) is 0. The van der Waals surface area contributed by atoms with Crippen LogP contribution in [0.3, 0.4) is 0 Å². The number of carbonyl (C=O) groups excluding carboxylic acids is 2. The van der Waals surface area contributed by atoms with E-state index in [1.54, 1.807) is 42.5 Å². The van der Waals surface area contributed by atoms with E-state index in [1.165, 1.54) is 12.8 Å². The molecule has 0 saturated heterocycles. The van der Waals surface area contributed by atoms with Crippen molar-refractivity contribution in [2.75, 3.05) is 19.8 Å². The second kappa shape index (κ2) is 16.1. The summed E-state index contributed by atoms with van der Waals surface area (Å²) in [4.78, 5) is 25.0. The third-order valence-corrected chi connectivity index (χ3v) is 6.11. The summed E-state index contributed by atoms with van der Waals surface area (Å²) >= 11 is 0. The van der Waals surface area contributed by atoms with Gasteiger partial charge >= 0.3 is 11.9 Å². The van der Waals surface area contributed by atoms with E-state index in [-0.39, 0.29) is 12.1 Å². The number of unbranched alkanes of at least 4 members (excludes halogenated alkanes) is 3. The van der Waals surface area contributed by atoms with E-state index >= 15 is 0 Å². The zero-order valence-electron chi connectivity index (χ0n) is 22.9. The fraction of sp³-hybridized carbons (Fsp3) is 0.333. The number of hydrogen-bond donors (Lipinski definition) is 0. The van der Waals surface area contributed by atoms with E-state index in [1.807, 2.05) is 43.3 Å². The Morgan fingerprint density at radius 2 is 1.36 bits per heavy atom. The van der Waals surface area contributed by atoms with Gasteiger partial charge in [-0.3, -0.25) is 0 Å². The molecule has 206 valence electrons. The minimum absolute atomic E-state index is 0.131. The predicted molar refractivity (Wildman–Crippen MR) is 153 cm³/mol. The van der Waals surface area contributed by atoms with Crippen LogP contribution in [0.5, 0.6) is 11.5 Å². The fourth-order valence-electron chi connectivity index (χ4n) is 3.92. The Balaban J connectivity index is 1.48. The second-order valence-corrected chi connectivity index (χ2v) is 9.29. The monoisotopic (exact) mass is 530 g/mol. The van der Waals surface area contributed by atoms with Crippen molar-refractivity contribution in [2.24, 2.45) is 0 Å². The molecule has 0 aromatic heterocycles. The van der Waals surface area contributed by atoms with Crippen molar-refractivity contribution in [1.82, 2.24) is 0 Å². The molecule has 0 aliphatic carbocycles. The van der Waals surface area contributed by atoms with Crippen LogP contribution in [0.2, 0.25) is 0 Å². The first-order valence-corrected chi connectivity index (χ1v) is 13.5. The summed E-state index contributed by atoms with van der Waals surface area (Å²) in [6.45, 7) is 9.17. The first-order valence-electron chi connectivity index (χ1n) is 13.5. The maximum Gasteiger partial charge on any atom is 0.343 e. The van der Waals surface area contributed by atoms with E-state index < -0.39 is 5.97 Å². The molecule has 0 aliphatic heterocycles. The number of esters is 2. The topological polar surface area (TPSA) is 71.1 Å². The molecule has 0 radical (unpaired) electrons. The van der Waals surface area contributed by atoms with Crippen molar-refractivity contribution < 1.29 is 28.5 Å². The highest BCUT2D eigenvalue weighted by molar-refractivity contribution is 5.92. The van der Waals surface area contributed by atoms with Crippen molar-refractivity contribution in [1.29, 1.82) is 0 Å². The van der Waals surface area contributed by atoms with Gasteiger partial charge in [-0.2, -0.15) is 0 Å². The summed E-state index contributed by atoms with van der Waals surface area (Å²) < 4.78 is 22.0. The van der Waals surface area contributed by atoms with Gasteiger partial charge in [-0.1, -0.05) is 56.5 Å². The lowest BCUT2D eigenvalue weighted by molar-refractivity contribution is 0.0319. The molecule has 6 heteroatoms. The SMILES string of the molecule is C=CCOCCOc1ccc(-c2ccc(C(=O)Oc3ccc(C(=O)OC(C)CCCCCC)cc3)cc2)cc1. The lowest BCUT2D eigenvalue weighted by atomic mass is 10.0. The highest BCUT2D eigenvalue weighted by atomic mass is 16.5. The van der Waals surface area contributed by atoms with E-state index in [0.717, 1.165) is 36.1 Å². The molecule has 0 bridgehead atoms. The maximum atomic E-state index is 12.6. The van der Waals surface area contributed by atoms with Crippen molar-refractivity contribution in [3.05, 3.63) is 96.6 Å². The molecule has 6 nitrogen and oxygen atoms in total. The fourth-order valence-corrected chi connectivity index (χ4v) is 3.92. The van der Waals surface area contributed by atoms with E-state index in [4.69, 9.17) is 18.9 Å². The Bertz CT molecular complexity index is 1170. The predicted octanol–water partition coefficient (Wildman–Crippen LogP) is 7.67. The van der Waals surface area contributed by atoms with E-state index in [9.17, 15) is 9.59 Å². The first-order chi connectivity index (χ1) is 19.0. The zero-order valence-corrected chi connectivity index (χ0v) is 22.9. The van der Waals surface area contributed by atoms with Gasteiger partial charge in [0.2, 0.25) is 0 Å². The highest BCUT2D eigenvalue weighted by Gasteiger charge is 2.14.